The third-order valence-corrected chi connectivity index (χ3v) is 4.58. The van der Waals surface area contributed by atoms with E-state index >= 15 is 0 Å². The molecule has 0 N–H and O–H groups in total. The summed E-state index contributed by atoms with van der Waals surface area (Å²) in [5.41, 5.74) is 2.69. The first-order valence-electron chi connectivity index (χ1n) is 9.29. The SMILES string of the molecule is CCOC(=O)CN1C(=O)CN=C(c2cccc(C#N)c2)c2cc(OC)c(OC)cc21. The van der Waals surface area contributed by atoms with Crippen molar-refractivity contribution < 1.29 is 23.8 Å². The van der Waals surface area contributed by atoms with Gasteiger partial charge in [0, 0.05) is 17.2 Å². The molecule has 1 aliphatic heterocycles. The lowest BCUT2D eigenvalue weighted by Gasteiger charge is -2.23. The number of methoxy groups -OCH3 is 2. The van der Waals surface area contributed by atoms with Crippen LogP contribution in [0.1, 0.15) is 23.6 Å². The van der Waals surface area contributed by atoms with E-state index in [-0.39, 0.29) is 25.6 Å². The number of aliphatic imine (C=N–C) groups is 1. The summed E-state index contributed by atoms with van der Waals surface area (Å²) in [5, 5.41) is 9.26. The van der Waals surface area contributed by atoms with Gasteiger partial charge in [0.25, 0.3) is 0 Å². The van der Waals surface area contributed by atoms with Crippen molar-refractivity contribution in [3.05, 3.63) is 53.1 Å². The number of carbonyl (C=O) groups is 2. The molecule has 154 valence electrons. The predicted octanol–water partition coefficient (Wildman–Crippen LogP) is 2.32. The third-order valence-electron chi connectivity index (χ3n) is 4.58. The minimum atomic E-state index is -0.526. The summed E-state index contributed by atoms with van der Waals surface area (Å²) in [7, 11) is 3.00. The average molecular weight is 407 g/mol. The number of nitriles is 1. The Labute approximate surface area is 174 Å². The van der Waals surface area contributed by atoms with Gasteiger partial charge >= 0.3 is 5.97 Å². The van der Waals surface area contributed by atoms with Gasteiger partial charge in [0.05, 0.1) is 43.9 Å². The van der Waals surface area contributed by atoms with Crippen molar-refractivity contribution >= 4 is 23.3 Å². The van der Waals surface area contributed by atoms with Crippen molar-refractivity contribution in [3.63, 3.8) is 0 Å². The molecule has 0 saturated heterocycles. The number of carbonyl (C=O) groups excluding carboxylic acids is 2. The molecule has 2 aromatic rings. The van der Waals surface area contributed by atoms with E-state index in [0.29, 0.717) is 39.6 Å². The number of esters is 1. The Bertz CT molecular complexity index is 1060. The second-order valence-electron chi connectivity index (χ2n) is 6.37. The van der Waals surface area contributed by atoms with Crippen LogP contribution in [-0.4, -0.2) is 51.5 Å². The number of hydrogen-bond donors (Lipinski definition) is 0. The van der Waals surface area contributed by atoms with Gasteiger partial charge in [-0.1, -0.05) is 12.1 Å². The summed E-state index contributed by atoms with van der Waals surface area (Å²) >= 11 is 0. The van der Waals surface area contributed by atoms with E-state index in [9.17, 15) is 14.9 Å². The van der Waals surface area contributed by atoms with E-state index in [0.717, 1.165) is 0 Å². The fourth-order valence-corrected chi connectivity index (χ4v) is 3.22. The minimum Gasteiger partial charge on any atom is -0.493 e. The van der Waals surface area contributed by atoms with Crippen LogP contribution in [0.25, 0.3) is 0 Å². The molecule has 1 heterocycles. The van der Waals surface area contributed by atoms with Crippen LogP contribution in [0.3, 0.4) is 0 Å². The quantitative estimate of drug-likeness (QED) is 0.681. The standard InChI is InChI=1S/C22H21N3O5/c1-4-30-21(27)13-25-17-10-19(29-3)18(28-2)9-16(17)22(24-12-20(25)26)15-7-5-6-14(8-15)11-23/h5-10H,4,12-13H2,1-3H3. The number of fused-ring (bicyclic) bond motifs is 1. The first-order valence-corrected chi connectivity index (χ1v) is 9.29. The van der Waals surface area contributed by atoms with Gasteiger partial charge in [0.2, 0.25) is 5.91 Å². The lowest BCUT2D eigenvalue weighted by Crippen LogP contribution is -2.37. The highest BCUT2D eigenvalue weighted by molar-refractivity contribution is 6.20. The Morgan fingerprint density at radius 1 is 1.20 bits per heavy atom. The molecule has 0 aliphatic carbocycles. The average Bonchev–Trinajstić information content (AvgIpc) is 2.89. The summed E-state index contributed by atoms with van der Waals surface area (Å²) in [4.78, 5) is 30.8. The summed E-state index contributed by atoms with van der Waals surface area (Å²) in [6.45, 7) is 1.50. The van der Waals surface area contributed by atoms with Crippen LogP contribution in [0, 0.1) is 11.3 Å². The molecule has 0 unspecified atom stereocenters. The summed E-state index contributed by atoms with van der Waals surface area (Å²) in [6, 6.07) is 12.4. The van der Waals surface area contributed by atoms with Crippen molar-refractivity contribution in [2.75, 3.05) is 38.8 Å². The largest absolute Gasteiger partial charge is 0.493 e. The van der Waals surface area contributed by atoms with Gasteiger partial charge in [-0.15, -0.1) is 0 Å². The van der Waals surface area contributed by atoms with E-state index in [1.54, 1.807) is 37.3 Å². The number of benzodiazepines with no additional fused rings is 1. The Morgan fingerprint density at radius 3 is 2.60 bits per heavy atom. The maximum atomic E-state index is 12.9. The molecule has 8 nitrogen and oxygen atoms in total. The van der Waals surface area contributed by atoms with Crippen LogP contribution in [0.15, 0.2) is 41.4 Å². The van der Waals surface area contributed by atoms with Crippen LogP contribution in [-0.2, 0) is 14.3 Å². The van der Waals surface area contributed by atoms with Gasteiger partial charge < -0.3 is 14.2 Å². The molecular weight excluding hydrogens is 386 g/mol. The Balaban J connectivity index is 2.21. The van der Waals surface area contributed by atoms with Gasteiger partial charge in [-0.3, -0.25) is 19.5 Å². The molecule has 0 aromatic heterocycles. The number of anilines is 1. The fraction of sp³-hybridized carbons (Fsp3) is 0.273. The molecule has 0 atom stereocenters. The zero-order valence-electron chi connectivity index (χ0n) is 17.0. The van der Waals surface area contributed by atoms with Crippen molar-refractivity contribution in [1.82, 2.24) is 0 Å². The van der Waals surface area contributed by atoms with Crippen molar-refractivity contribution in [2.45, 2.75) is 6.92 Å². The van der Waals surface area contributed by atoms with E-state index in [2.05, 4.69) is 11.1 Å². The number of hydrogen-bond acceptors (Lipinski definition) is 7. The molecule has 8 heteroatoms. The smallest absolute Gasteiger partial charge is 0.326 e. The number of rotatable bonds is 6. The lowest BCUT2D eigenvalue weighted by atomic mass is 9.98. The van der Waals surface area contributed by atoms with Crippen molar-refractivity contribution in [1.29, 1.82) is 5.26 Å². The number of amides is 1. The summed E-state index contributed by atoms with van der Waals surface area (Å²) in [5.74, 6) is -0.0276. The molecule has 30 heavy (non-hydrogen) atoms. The van der Waals surface area contributed by atoms with Crippen LogP contribution in [0.4, 0.5) is 5.69 Å². The lowest BCUT2D eigenvalue weighted by molar-refractivity contribution is -0.142. The summed E-state index contributed by atoms with van der Waals surface area (Å²) < 4.78 is 15.9. The van der Waals surface area contributed by atoms with Crippen LogP contribution < -0.4 is 14.4 Å². The fourth-order valence-electron chi connectivity index (χ4n) is 3.22. The summed E-state index contributed by atoms with van der Waals surface area (Å²) in [6.07, 6.45) is 0. The van der Waals surface area contributed by atoms with Gasteiger partial charge in [-0.2, -0.15) is 5.26 Å². The minimum absolute atomic E-state index is 0.162. The zero-order valence-corrected chi connectivity index (χ0v) is 17.0. The third kappa shape index (κ3) is 4.10. The van der Waals surface area contributed by atoms with E-state index < -0.39 is 5.97 Å². The first-order chi connectivity index (χ1) is 14.5. The van der Waals surface area contributed by atoms with Gasteiger partial charge in [-0.25, -0.2) is 0 Å². The number of benzene rings is 2. The van der Waals surface area contributed by atoms with Gasteiger partial charge in [-0.05, 0) is 25.1 Å². The maximum Gasteiger partial charge on any atom is 0.326 e. The second-order valence-corrected chi connectivity index (χ2v) is 6.37. The highest BCUT2D eigenvalue weighted by atomic mass is 16.5. The maximum absolute atomic E-state index is 12.9. The monoisotopic (exact) mass is 407 g/mol. The Morgan fingerprint density at radius 2 is 1.93 bits per heavy atom. The highest BCUT2D eigenvalue weighted by Crippen LogP contribution is 2.37. The Kier molecular flexibility index (Phi) is 6.32. The molecule has 3 rings (SSSR count). The Hall–Kier alpha value is -3.86. The zero-order chi connectivity index (χ0) is 21.7. The second kappa shape index (κ2) is 9.09. The molecular formula is C22H21N3O5. The van der Waals surface area contributed by atoms with E-state index in [4.69, 9.17) is 14.2 Å². The topological polar surface area (TPSA) is 101 Å². The van der Waals surface area contributed by atoms with Crippen LogP contribution in [0.5, 0.6) is 11.5 Å². The first kappa shape index (κ1) is 20.9. The van der Waals surface area contributed by atoms with Crippen LogP contribution in [0.2, 0.25) is 0 Å². The van der Waals surface area contributed by atoms with E-state index in [1.165, 1.54) is 19.1 Å². The molecule has 0 bridgehead atoms. The van der Waals surface area contributed by atoms with Gasteiger partial charge in [0.15, 0.2) is 11.5 Å². The molecule has 0 spiro atoms. The van der Waals surface area contributed by atoms with Crippen molar-refractivity contribution in [2.24, 2.45) is 4.99 Å². The molecule has 0 fully saturated rings. The molecule has 0 radical (unpaired) electrons. The van der Waals surface area contributed by atoms with Crippen LogP contribution >= 0.6 is 0 Å². The molecule has 2 aromatic carbocycles. The molecule has 0 saturated carbocycles. The van der Waals surface area contributed by atoms with E-state index in [1.807, 2.05) is 6.07 Å². The number of ether oxygens (including phenoxy) is 3. The molecule has 1 amide bonds. The normalized spacial score (nSPS) is 12.9. The van der Waals surface area contributed by atoms with Gasteiger partial charge in [0.1, 0.15) is 13.1 Å². The van der Waals surface area contributed by atoms with Crippen molar-refractivity contribution in [3.8, 4) is 17.6 Å². The highest BCUT2D eigenvalue weighted by Gasteiger charge is 2.29. The molecule has 1 aliphatic rings. The predicted molar refractivity (Wildman–Crippen MR) is 110 cm³/mol. The number of nitrogens with zero attached hydrogens (tertiary/aromatic N) is 3.